The van der Waals surface area contributed by atoms with E-state index in [2.05, 4.69) is 5.32 Å². The number of hydrogen-bond donors (Lipinski definition) is 2. The Morgan fingerprint density at radius 2 is 2.08 bits per heavy atom. The number of carboxylic acid groups (broad SMARTS) is 1. The summed E-state index contributed by atoms with van der Waals surface area (Å²) in [5, 5.41) is 13.2. The number of hydrogen-bond acceptors (Lipinski definition) is 6. The van der Waals surface area contributed by atoms with Crippen LogP contribution in [-0.4, -0.2) is 62.1 Å². The zero-order chi connectivity index (χ0) is 18.4. The van der Waals surface area contributed by atoms with Gasteiger partial charge in [-0.2, -0.15) is 4.31 Å². The van der Waals surface area contributed by atoms with Crippen LogP contribution in [0.5, 0.6) is 0 Å². The van der Waals surface area contributed by atoms with E-state index in [1.807, 2.05) is 6.92 Å². The van der Waals surface area contributed by atoms with Crippen LogP contribution in [0.1, 0.15) is 35.9 Å². The van der Waals surface area contributed by atoms with Crippen LogP contribution in [0.15, 0.2) is 16.3 Å². The Labute approximate surface area is 150 Å². The van der Waals surface area contributed by atoms with Gasteiger partial charge in [0.2, 0.25) is 10.0 Å². The minimum absolute atomic E-state index is 0.00856. The van der Waals surface area contributed by atoms with Gasteiger partial charge in [0.15, 0.2) is 0 Å². The molecule has 1 atom stereocenters. The van der Waals surface area contributed by atoms with Gasteiger partial charge in [-0.25, -0.2) is 13.2 Å². The molecule has 0 spiro atoms. The highest BCUT2D eigenvalue weighted by molar-refractivity contribution is 7.89. The van der Waals surface area contributed by atoms with Crippen molar-refractivity contribution in [3.8, 4) is 0 Å². The second-order valence-corrected chi connectivity index (χ2v) is 8.46. The van der Waals surface area contributed by atoms with Crippen molar-refractivity contribution in [2.45, 2.75) is 37.1 Å². The molecule has 8 nitrogen and oxygen atoms in total. The molecule has 140 valence electrons. The number of nitrogens with one attached hydrogen (secondary N) is 1. The second kappa shape index (κ2) is 8.75. The van der Waals surface area contributed by atoms with Crippen molar-refractivity contribution < 1.29 is 27.9 Å². The summed E-state index contributed by atoms with van der Waals surface area (Å²) in [5.41, 5.74) is 0. The molecule has 0 aliphatic carbocycles. The van der Waals surface area contributed by atoms with Crippen molar-refractivity contribution in [1.29, 1.82) is 0 Å². The molecule has 1 aromatic rings. The molecule has 25 heavy (non-hydrogen) atoms. The summed E-state index contributed by atoms with van der Waals surface area (Å²) >= 11 is 0.984. The molecule has 1 aliphatic heterocycles. The standard InChI is InChI=1S/C15H22N2O6S2/c1-2-3-4-11(15(19)20)16-14(18)13-12(5-10-24-13)25(21,22)17-6-8-23-9-7-17/h5,10-11H,2-4,6-9H2,1H3,(H,16,18)(H,19,20)/t11-/m0/s1. The van der Waals surface area contributed by atoms with E-state index < -0.39 is 27.9 Å². The van der Waals surface area contributed by atoms with Gasteiger partial charge in [-0.1, -0.05) is 19.8 Å². The lowest BCUT2D eigenvalue weighted by Gasteiger charge is -2.26. The Morgan fingerprint density at radius 3 is 2.68 bits per heavy atom. The van der Waals surface area contributed by atoms with Crippen LogP contribution in [0.25, 0.3) is 0 Å². The van der Waals surface area contributed by atoms with Crippen molar-refractivity contribution in [3.63, 3.8) is 0 Å². The van der Waals surface area contributed by atoms with Crippen LogP contribution >= 0.6 is 11.3 Å². The maximum Gasteiger partial charge on any atom is 0.326 e. The Kier molecular flexibility index (Phi) is 6.94. The van der Waals surface area contributed by atoms with Crippen molar-refractivity contribution in [3.05, 3.63) is 16.3 Å². The van der Waals surface area contributed by atoms with Gasteiger partial charge in [0.25, 0.3) is 5.91 Å². The molecule has 10 heteroatoms. The molecule has 1 aliphatic rings. The summed E-state index contributed by atoms with van der Waals surface area (Å²) in [6, 6.07) is 0.347. The van der Waals surface area contributed by atoms with Crippen molar-refractivity contribution >= 4 is 33.2 Å². The van der Waals surface area contributed by atoms with Crippen molar-refractivity contribution in [2.75, 3.05) is 26.3 Å². The first-order valence-corrected chi connectivity index (χ1v) is 10.4. The van der Waals surface area contributed by atoms with Crippen molar-refractivity contribution in [2.24, 2.45) is 0 Å². The Balaban J connectivity index is 2.19. The Morgan fingerprint density at radius 1 is 1.40 bits per heavy atom. The molecule has 1 fully saturated rings. The zero-order valence-corrected chi connectivity index (χ0v) is 15.6. The number of carbonyl (C=O) groups excluding carboxylic acids is 1. The molecular formula is C15H22N2O6S2. The minimum Gasteiger partial charge on any atom is -0.480 e. The predicted octanol–water partition coefficient (Wildman–Crippen LogP) is 1.14. The van der Waals surface area contributed by atoms with Crippen molar-refractivity contribution in [1.82, 2.24) is 9.62 Å². The van der Waals surface area contributed by atoms with E-state index in [1.165, 1.54) is 15.8 Å². The number of carboxylic acids is 1. The van der Waals surface area contributed by atoms with Gasteiger partial charge in [0, 0.05) is 13.1 Å². The molecule has 2 rings (SSSR count). The average molecular weight is 390 g/mol. The fourth-order valence-electron chi connectivity index (χ4n) is 2.48. The van der Waals surface area contributed by atoms with E-state index in [-0.39, 0.29) is 22.9 Å². The summed E-state index contributed by atoms with van der Waals surface area (Å²) in [6.07, 6.45) is 1.75. The predicted molar refractivity (Wildman–Crippen MR) is 92.3 cm³/mol. The molecule has 1 aromatic heterocycles. The molecule has 0 aromatic carbocycles. The summed E-state index contributed by atoms with van der Waals surface area (Å²) in [4.78, 5) is 23.7. The van der Waals surface area contributed by atoms with E-state index in [9.17, 15) is 23.1 Å². The molecule has 1 amide bonds. The molecule has 0 unspecified atom stereocenters. The molecular weight excluding hydrogens is 368 g/mol. The second-order valence-electron chi connectivity index (χ2n) is 5.64. The summed E-state index contributed by atoms with van der Waals surface area (Å²) in [6.45, 7) is 3.00. The molecule has 1 saturated heterocycles. The zero-order valence-electron chi connectivity index (χ0n) is 13.9. The van der Waals surface area contributed by atoms with Crippen LogP contribution in [-0.2, 0) is 19.6 Å². The number of amides is 1. The maximum atomic E-state index is 12.7. The monoisotopic (exact) mass is 390 g/mol. The van der Waals surface area contributed by atoms with E-state index in [0.717, 1.165) is 17.8 Å². The number of nitrogens with zero attached hydrogens (tertiary/aromatic N) is 1. The summed E-state index contributed by atoms with van der Waals surface area (Å²) < 4.78 is 31.9. The lowest BCUT2D eigenvalue weighted by molar-refractivity contribution is -0.139. The van der Waals surface area contributed by atoms with Gasteiger partial charge in [0.1, 0.15) is 15.8 Å². The van der Waals surface area contributed by atoms with Gasteiger partial charge >= 0.3 is 5.97 Å². The van der Waals surface area contributed by atoms with Gasteiger partial charge < -0.3 is 15.2 Å². The quantitative estimate of drug-likeness (QED) is 0.688. The normalized spacial score (nSPS) is 17.2. The third-order valence-corrected chi connectivity index (χ3v) is 6.86. The highest BCUT2D eigenvalue weighted by Gasteiger charge is 2.32. The van der Waals surface area contributed by atoms with Crippen LogP contribution in [0.4, 0.5) is 0 Å². The number of rotatable bonds is 8. The number of unbranched alkanes of at least 4 members (excludes halogenated alkanes) is 1. The molecule has 0 radical (unpaired) electrons. The Bertz CT molecular complexity index is 709. The highest BCUT2D eigenvalue weighted by atomic mass is 32.2. The first-order chi connectivity index (χ1) is 11.9. The number of sulfonamides is 1. The molecule has 0 saturated carbocycles. The van der Waals surface area contributed by atoms with Crippen LogP contribution < -0.4 is 5.32 Å². The SMILES string of the molecule is CCCC[C@H](NC(=O)c1sccc1S(=O)(=O)N1CCOCC1)C(=O)O. The number of thiophene rings is 1. The van der Waals surface area contributed by atoms with Gasteiger partial charge in [-0.05, 0) is 17.9 Å². The molecule has 2 N–H and O–H groups in total. The van der Waals surface area contributed by atoms with Crippen LogP contribution in [0, 0.1) is 0 Å². The van der Waals surface area contributed by atoms with E-state index >= 15 is 0 Å². The van der Waals surface area contributed by atoms with E-state index in [0.29, 0.717) is 26.1 Å². The molecule has 2 heterocycles. The maximum absolute atomic E-state index is 12.7. The topological polar surface area (TPSA) is 113 Å². The highest BCUT2D eigenvalue weighted by Crippen LogP contribution is 2.26. The van der Waals surface area contributed by atoms with Crippen LogP contribution in [0.2, 0.25) is 0 Å². The third-order valence-electron chi connectivity index (χ3n) is 3.87. The summed E-state index contributed by atoms with van der Waals surface area (Å²) in [7, 11) is -3.81. The average Bonchev–Trinajstić information content (AvgIpc) is 3.09. The fraction of sp³-hybridized carbons (Fsp3) is 0.600. The largest absolute Gasteiger partial charge is 0.480 e. The first kappa shape index (κ1) is 19.8. The van der Waals surface area contributed by atoms with E-state index in [1.54, 1.807) is 0 Å². The fourth-order valence-corrected chi connectivity index (χ4v) is 5.19. The van der Waals surface area contributed by atoms with E-state index in [4.69, 9.17) is 4.74 Å². The number of ether oxygens (including phenoxy) is 1. The van der Waals surface area contributed by atoms with Gasteiger partial charge in [-0.3, -0.25) is 4.79 Å². The third kappa shape index (κ3) is 4.78. The lowest BCUT2D eigenvalue weighted by atomic mass is 10.1. The number of aliphatic carboxylic acids is 1. The van der Waals surface area contributed by atoms with Gasteiger partial charge in [0.05, 0.1) is 13.2 Å². The number of morpholine rings is 1. The smallest absolute Gasteiger partial charge is 0.326 e. The van der Waals surface area contributed by atoms with Gasteiger partial charge in [-0.15, -0.1) is 11.3 Å². The lowest BCUT2D eigenvalue weighted by Crippen LogP contribution is -2.42. The molecule has 0 bridgehead atoms. The summed E-state index contributed by atoms with van der Waals surface area (Å²) in [5.74, 6) is -1.80. The minimum atomic E-state index is -3.81. The Hall–Kier alpha value is -1.49. The number of carbonyl (C=O) groups is 2. The first-order valence-electron chi connectivity index (χ1n) is 8.07. The van der Waals surface area contributed by atoms with Crippen LogP contribution in [0.3, 0.4) is 0 Å².